The van der Waals surface area contributed by atoms with Gasteiger partial charge in [-0.2, -0.15) is 0 Å². The van der Waals surface area contributed by atoms with Gasteiger partial charge in [-0.1, -0.05) is 23.2 Å². The average molecular weight is 401 g/mol. The van der Waals surface area contributed by atoms with Crippen molar-refractivity contribution in [3.05, 3.63) is 46.0 Å². The van der Waals surface area contributed by atoms with Gasteiger partial charge in [0.25, 0.3) is 5.91 Å². The lowest BCUT2D eigenvalue weighted by molar-refractivity contribution is 0.102. The monoisotopic (exact) mass is 400 g/mol. The number of benzene rings is 1. The highest BCUT2D eigenvalue weighted by Crippen LogP contribution is 2.34. The molecule has 138 valence electrons. The summed E-state index contributed by atoms with van der Waals surface area (Å²) in [6.07, 6.45) is 3.16. The summed E-state index contributed by atoms with van der Waals surface area (Å²) in [5.41, 5.74) is -0.0844. The zero-order valence-electron chi connectivity index (χ0n) is 13.7. The van der Waals surface area contributed by atoms with E-state index in [9.17, 15) is 9.18 Å². The first-order valence-electron chi connectivity index (χ1n) is 7.72. The second kappa shape index (κ2) is 8.07. The van der Waals surface area contributed by atoms with Crippen molar-refractivity contribution in [2.75, 3.05) is 25.6 Å². The standard InChI is InChI=1S/C17H15Cl2FN2O4/c1-24-14-5-13(20)10(4-15(14)26-9-2-3-25-8-9)17(23)22-16-11(18)6-21-7-12(16)19/h4-7,9H,2-3,8H2,1H3,(H,21,22,23). The molecule has 0 radical (unpaired) electrons. The van der Waals surface area contributed by atoms with Gasteiger partial charge >= 0.3 is 0 Å². The molecule has 0 saturated carbocycles. The van der Waals surface area contributed by atoms with Crippen molar-refractivity contribution >= 4 is 34.8 Å². The summed E-state index contributed by atoms with van der Waals surface area (Å²) < 4.78 is 30.6. The quantitative estimate of drug-likeness (QED) is 0.822. The molecule has 1 unspecified atom stereocenters. The van der Waals surface area contributed by atoms with Crippen LogP contribution >= 0.6 is 23.2 Å². The van der Waals surface area contributed by atoms with E-state index in [0.29, 0.717) is 19.6 Å². The highest BCUT2D eigenvalue weighted by molar-refractivity contribution is 6.39. The van der Waals surface area contributed by atoms with Gasteiger partial charge in [0, 0.05) is 24.9 Å². The van der Waals surface area contributed by atoms with E-state index in [4.69, 9.17) is 37.4 Å². The van der Waals surface area contributed by atoms with Crippen LogP contribution < -0.4 is 14.8 Å². The topological polar surface area (TPSA) is 69.7 Å². The largest absolute Gasteiger partial charge is 0.493 e. The van der Waals surface area contributed by atoms with Crippen molar-refractivity contribution in [3.8, 4) is 11.5 Å². The Balaban J connectivity index is 1.89. The first-order valence-corrected chi connectivity index (χ1v) is 8.47. The highest BCUT2D eigenvalue weighted by atomic mass is 35.5. The Kier molecular flexibility index (Phi) is 5.80. The SMILES string of the molecule is COc1cc(F)c(C(=O)Nc2c(Cl)cncc2Cl)cc1OC1CCOC1. The summed E-state index contributed by atoms with van der Waals surface area (Å²) >= 11 is 12.0. The molecule has 1 N–H and O–H groups in total. The third-order valence-corrected chi connectivity index (χ3v) is 4.34. The molecule has 2 aromatic rings. The minimum absolute atomic E-state index is 0.138. The van der Waals surface area contributed by atoms with Crippen LogP contribution in [0.4, 0.5) is 10.1 Å². The van der Waals surface area contributed by atoms with Crippen molar-refractivity contribution in [3.63, 3.8) is 0 Å². The number of aromatic nitrogens is 1. The van der Waals surface area contributed by atoms with E-state index in [1.165, 1.54) is 25.6 Å². The van der Waals surface area contributed by atoms with E-state index in [1.54, 1.807) is 0 Å². The Morgan fingerprint density at radius 1 is 1.31 bits per heavy atom. The van der Waals surface area contributed by atoms with Crippen LogP contribution in [0.15, 0.2) is 24.5 Å². The summed E-state index contributed by atoms with van der Waals surface area (Å²) in [5, 5.41) is 2.77. The fraction of sp³-hybridized carbons (Fsp3) is 0.294. The lowest BCUT2D eigenvalue weighted by atomic mass is 10.1. The molecule has 3 rings (SSSR count). The van der Waals surface area contributed by atoms with Crippen molar-refractivity contribution in [2.45, 2.75) is 12.5 Å². The van der Waals surface area contributed by atoms with E-state index in [0.717, 1.165) is 6.07 Å². The molecule has 6 nitrogen and oxygen atoms in total. The molecule has 9 heteroatoms. The van der Waals surface area contributed by atoms with Gasteiger partial charge in [0.1, 0.15) is 11.9 Å². The van der Waals surface area contributed by atoms with Crippen LogP contribution in [0.5, 0.6) is 11.5 Å². The van der Waals surface area contributed by atoms with Crippen LogP contribution in [-0.4, -0.2) is 37.3 Å². The molecule has 0 spiro atoms. The van der Waals surface area contributed by atoms with Crippen molar-refractivity contribution in [2.24, 2.45) is 0 Å². The van der Waals surface area contributed by atoms with Gasteiger partial charge in [-0.05, 0) is 6.07 Å². The maximum absolute atomic E-state index is 14.4. The van der Waals surface area contributed by atoms with Crippen molar-refractivity contribution < 1.29 is 23.4 Å². The molecule has 1 fully saturated rings. The minimum atomic E-state index is -0.768. The zero-order chi connectivity index (χ0) is 18.7. The number of ether oxygens (including phenoxy) is 3. The minimum Gasteiger partial charge on any atom is -0.493 e. The molecule has 1 aliphatic rings. The molecular formula is C17H15Cl2FN2O4. The van der Waals surface area contributed by atoms with Gasteiger partial charge in [-0.15, -0.1) is 0 Å². The summed E-state index contributed by atoms with van der Waals surface area (Å²) in [6.45, 7) is 1.00. The van der Waals surface area contributed by atoms with E-state index in [-0.39, 0.29) is 38.9 Å². The molecule has 1 aromatic carbocycles. The number of methoxy groups -OCH3 is 1. The lowest BCUT2D eigenvalue weighted by Gasteiger charge is -2.17. The van der Waals surface area contributed by atoms with E-state index < -0.39 is 11.7 Å². The van der Waals surface area contributed by atoms with Gasteiger partial charge in [0.15, 0.2) is 11.5 Å². The van der Waals surface area contributed by atoms with E-state index in [2.05, 4.69) is 10.3 Å². The number of rotatable bonds is 5. The molecule has 1 atom stereocenters. The Bertz CT molecular complexity index is 808. The lowest BCUT2D eigenvalue weighted by Crippen LogP contribution is -2.18. The maximum Gasteiger partial charge on any atom is 0.258 e. The van der Waals surface area contributed by atoms with Gasteiger partial charge in [-0.3, -0.25) is 9.78 Å². The number of nitrogens with one attached hydrogen (secondary N) is 1. The van der Waals surface area contributed by atoms with Crippen LogP contribution in [0.3, 0.4) is 0 Å². The fourth-order valence-corrected chi connectivity index (χ4v) is 2.92. The molecule has 1 amide bonds. The van der Waals surface area contributed by atoms with E-state index >= 15 is 0 Å². The fourth-order valence-electron chi connectivity index (χ4n) is 2.46. The first kappa shape index (κ1) is 18.7. The van der Waals surface area contributed by atoms with Crippen LogP contribution in [-0.2, 0) is 4.74 Å². The van der Waals surface area contributed by atoms with Gasteiger partial charge in [0.05, 0.1) is 41.6 Å². The van der Waals surface area contributed by atoms with Crippen molar-refractivity contribution in [1.82, 2.24) is 4.98 Å². The molecule has 2 heterocycles. The number of hydrogen-bond donors (Lipinski definition) is 1. The maximum atomic E-state index is 14.4. The normalized spacial score (nSPS) is 16.4. The predicted octanol–water partition coefficient (Wildman–Crippen LogP) is 3.96. The number of anilines is 1. The molecule has 1 aliphatic heterocycles. The van der Waals surface area contributed by atoms with Gasteiger partial charge in [-0.25, -0.2) is 4.39 Å². The predicted molar refractivity (Wildman–Crippen MR) is 95.0 cm³/mol. The van der Waals surface area contributed by atoms with Crippen LogP contribution in [0.25, 0.3) is 0 Å². The number of hydrogen-bond acceptors (Lipinski definition) is 5. The number of pyridine rings is 1. The molecule has 1 aromatic heterocycles. The molecular weight excluding hydrogens is 386 g/mol. The average Bonchev–Trinajstić information content (AvgIpc) is 3.12. The first-order chi connectivity index (χ1) is 12.5. The number of nitrogens with zero attached hydrogens (tertiary/aromatic N) is 1. The highest BCUT2D eigenvalue weighted by Gasteiger charge is 2.23. The number of halogens is 3. The summed E-state index contributed by atoms with van der Waals surface area (Å²) in [4.78, 5) is 16.3. The summed E-state index contributed by atoms with van der Waals surface area (Å²) in [7, 11) is 1.39. The summed E-state index contributed by atoms with van der Waals surface area (Å²) in [5.74, 6) is -1.06. The van der Waals surface area contributed by atoms with Gasteiger partial charge in [0.2, 0.25) is 0 Å². The summed E-state index contributed by atoms with van der Waals surface area (Å²) in [6, 6.07) is 2.38. The molecule has 0 aliphatic carbocycles. The Morgan fingerprint density at radius 2 is 2.04 bits per heavy atom. The zero-order valence-corrected chi connectivity index (χ0v) is 15.2. The third-order valence-electron chi connectivity index (χ3n) is 3.77. The second-order valence-corrected chi connectivity index (χ2v) is 6.33. The third kappa shape index (κ3) is 4.00. The van der Waals surface area contributed by atoms with Crippen LogP contribution in [0.1, 0.15) is 16.8 Å². The Hall–Kier alpha value is -2.09. The Morgan fingerprint density at radius 3 is 2.65 bits per heavy atom. The molecule has 1 saturated heterocycles. The van der Waals surface area contributed by atoms with Crippen LogP contribution in [0.2, 0.25) is 10.0 Å². The number of amides is 1. The number of carbonyl (C=O) groups is 1. The smallest absolute Gasteiger partial charge is 0.258 e. The number of carbonyl (C=O) groups excluding carboxylic acids is 1. The Labute approximate surface area is 159 Å². The molecule has 0 bridgehead atoms. The van der Waals surface area contributed by atoms with Gasteiger partial charge < -0.3 is 19.5 Å². The van der Waals surface area contributed by atoms with Crippen LogP contribution in [0, 0.1) is 5.82 Å². The van der Waals surface area contributed by atoms with Crippen molar-refractivity contribution in [1.29, 1.82) is 0 Å². The second-order valence-electron chi connectivity index (χ2n) is 5.52. The molecule has 26 heavy (non-hydrogen) atoms. The van der Waals surface area contributed by atoms with E-state index in [1.807, 2.05) is 0 Å².